The minimum atomic E-state index is -0.606. The molecule has 0 fully saturated rings. The molecule has 7 heavy (non-hydrogen) atoms. The maximum absolute atomic E-state index is 9.58. The van der Waals surface area contributed by atoms with Crippen LogP contribution in [-0.4, -0.2) is 41.1 Å². The van der Waals surface area contributed by atoms with Gasteiger partial charge < -0.3 is 4.79 Å². The first-order valence-electron chi connectivity index (χ1n) is 1.39. The molecule has 0 bridgehead atoms. The Morgan fingerprint density at radius 1 is 1.71 bits per heavy atom. The summed E-state index contributed by atoms with van der Waals surface area (Å²) in [5.74, 6) is 0. The molecule has 36 valence electrons. The van der Waals surface area contributed by atoms with Gasteiger partial charge in [-0.05, 0) is 11.6 Å². The maximum atomic E-state index is 9.58. The second kappa shape index (κ2) is 6.63. The van der Waals surface area contributed by atoms with Crippen molar-refractivity contribution in [2.45, 2.75) is 6.42 Å². The number of halogens is 1. The van der Waals surface area contributed by atoms with Gasteiger partial charge in [0.25, 0.3) is 0 Å². The average molecular weight is 131 g/mol. The van der Waals surface area contributed by atoms with Crippen molar-refractivity contribution in [2.75, 3.05) is 0 Å². The zero-order valence-electron chi connectivity index (χ0n) is 2.98. The number of hydrogen-bond donors (Lipinski definition) is 0. The van der Waals surface area contributed by atoms with Gasteiger partial charge in [0.05, 0.1) is 6.42 Å². The van der Waals surface area contributed by atoms with E-state index in [0.29, 0.717) is 6.29 Å². The summed E-state index contributed by atoms with van der Waals surface area (Å²) in [5.41, 5.74) is 0. The van der Waals surface area contributed by atoms with E-state index in [1.165, 1.54) is 0 Å². The zero-order valence-corrected chi connectivity index (χ0v) is 3.73. The normalized spacial score (nSPS) is 6.43. The summed E-state index contributed by atoms with van der Waals surface area (Å²) in [6, 6.07) is 0. The van der Waals surface area contributed by atoms with Gasteiger partial charge in [-0.2, -0.15) is 0 Å². The molecule has 0 aromatic carbocycles. The van der Waals surface area contributed by atoms with Gasteiger partial charge in [-0.3, -0.25) is 4.79 Å². The fourth-order valence-electron chi connectivity index (χ4n) is 0.0655. The fraction of sp³-hybridized carbons (Fsp3) is 0.333. The number of aldehydes is 1. The Balaban J connectivity index is 0. The van der Waals surface area contributed by atoms with Crippen LogP contribution in [0.5, 0.6) is 0 Å². The molecule has 0 aromatic heterocycles. The SMILES string of the molecule is O=CCC(=O)Cl.[NaH]. The van der Waals surface area contributed by atoms with Crippen molar-refractivity contribution in [1.82, 2.24) is 0 Å². The van der Waals surface area contributed by atoms with E-state index < -0.39 is 5.24 Å². The number of carbonyl (C=O) groups is 2. The molecule has 0 atom stereocenters. The Morgan fingerprint density at radius 2 is 2.14 bits per heavy atom. The summed E-state index contributed by atoms with van der Waals surface area (Å²) in [5, 5.41) is -0.606. The van der Waals surface area contributed by atoms with E-state index in [1.807, 2.05) is 0 Å². The van der Waals surface area contributed by atoms with Crippen molar-refractivity contribution in [3.8, 4) is 0 Å². The Morgan fingerprint density at radius 3 is 2.14 bits per heavy atom. The fourth-order valence-corrected chi connectivity index (χ4v) is 0.129. The van der Waals surface area contributed by atoms with Crippen LogP contribution in [0.25, 0.3) is 0 Å². The second-order valence-electron chi connectivity index (χ2n) is 0.726. The monoisotopic (exact) mass is 130 g/mol. The van der Waals surface area contributed by atoms with E-state index >= 15 is 0 Å². The van der Waals surface area contributed by atoms with E-state index in [-0.39, 0.29) is 36.0 Å². The van der Waals surface area contributed by atoms with E-state index in [9.17, 15) is 9.59 Å². The molecule has 4 heteroatoms. The first-order valence-corrected chi connectivity index (χ1v) is 1.77. The Kier molecular flexibility index (Phi) is 10.0. The van der Waals surface area contributed by atoms with Gasteiger partial charge >= 0.3 is 29.6 Å². The van der Waals surface area contributed by atoms with Crippen molar-refractivity contribution in [3.63, 3.8) is 0 Å². The van der Waals surface area contributed by atoms with Crippen LogP contribution in [0.2, 0.25) is 0 Å². The number of carbonyl (C=O) groups excluding carboxylic acids is 2. The summed E-state index contributed by atoms with van der Waals surface area (Å²) in [6.45, 7) is 0. The van der Waals surface area contributed by atoms with Crippen molar-refractivity contribution in [2.24, 2.45) is 0 Å². The molecule has 0 aliphatic heterocycles. The van der Waals surface area contributed by atoms with Crippen LogP contribution in [0.1, 0.15) is 6.42 Å². The standard InChI is InChI=1S/C3H3ClO2.Na.H/c4-3(6)1-2-5;;/h2H,1H2;;. The predicted octanol–water partition coefficient (Wildman–Crippen LogP) is -0.308. The van der Waals surface area contributed by atoms with Gasteiger partial charge in [0.15, 0.2) is 0 Å². The van der Waals surface area contributed by atoms with Crippen molar-refractivity contribution < 1.29 is 9.59 Å². The molecule has 0 aliphatic carbocycles. The summed E-state index contributed by atoms with van der Waals surface area (Å²) in [6.07, 6.45) is 0.289. The van der Waals surface area contributed by atoms with Gasteiger partial charge in [0, 0.05) is 0 Å². The van der Waals surface area contributed by atoms with E-state index in [2.05, 4.69) is 0 Å². The first-order chi connectivity index (χ1) is 2.77. The van der Waals surface area contributed by atoms with Crippen LogP contribution >= 0.6 is 11.6 Å². The first kappa shape index (κ1) is 10.6. The van der Waals surface area contributed by atoms with Crippen molar-refractivity contribution in [3.05, 3.63) is 0 Å². The van der Waals surface area contributed by atoms with Crippen LogP contribution < -0.4 is 0 Å². The molecule has 0 heterocycles. The molecule has 0 saturated carbocycles. The molecule has 0 rings (SSSR count). The van der Waals surface area contributed by atoms with Crippen LogP contribution in [0.4, 0.5) is 0 Å². The van der Waals surface area contributed by atoms with Crippen molar-refractivity contribution in [1.29, 1.82) is 0 Å². The van der Waals surface area contributed by atoms with Crippen LogP contribution in [-0.2, 0) is 9.59 Å². The third-order valence-corrected chi connectivity index (χ3v) is 0.398. The molecule has 0 radical (unpaired) electrons. The van der Waals surface area contributed by atoms with Crippen LogP contribution in [0, 0.1) is 0 Å². The van der Waals surface area contributed by atoms with Gasteiger partial charge in [-0.15, -0.1) is 0 Å². The van der Waals surface area contributed by atoms with Crippen LogP contribution in [0.15, 0.2) is 0 Å². The quantitative estimate of drug-likeness (QED) is 0.222. The van der Waals surface area contributed by atoms with E-state index in [1.54, 1.807) is 0 Å². The summed E-state index contributed by atoms with van der Waals surface area (Å²) in [7, 11) is 0. The average Bonchev–Trinajstić information content (AvgIpc) is 1.35. The van der Waals surface area contributed by atoms with Gasteiger partial charge in [-0.25, -0.2) is 0 Å². The molecular weight excluding hydrogens is 126 g/mol. The third-order valence-electron chi connectivity index (χ3n) is 0.244. The molecule has 0 unspecified atom stereocenters. The van der Waals surface area contributed by atoms with E-state index in [0.717, 1.165) is 0 Å². The summed E-state index contributed by atoms with van der Waals surface area (Å²) < 4.78 is 0. The second-order valence-corrected chi connectivity index (χ2v) is 1.15. The molecule has 2 nitrogen and oxygen atoms in total. The Labute approximate surface area is 68.5 Å². The zero-order chi connectivity index (χ0) is 4.99. The molecule has 0 saturated heterocycles. The van der Waals surface area contributed by atoms with Gasteiger partial charge in [0.2, 0.25) is 5.24 Å². The summed E-state index contributed by atoms with van der Waals surface area (Å²) in [4.78, 5) is 18.9. The van der Waals surface area contributed by atoms with Crippen molar-refractivity contribution >= 4 is 52.7 Å². The van der Waals surface area contributed by atoms with Gasteiger partial charge in [0.1, 0.15) is 6.29 Å². The van der Waals surface area contributed by atoms with Gasteiger partial charge in [-0.1, -0.05) is 0 Å². The molecule has 0 aromatic rings. The van der Waals surface area contributed by atoms with Crippen LogP contribution in [0.3, 0.4) is 0 Å². The molecule has 0 amide bonds. The Hall–Kier alpha value is 0.630. The minimum absolute atomic E-state index is 0. The number of hydrogen-bond acceptors (Lipinski definition) is 2. The predicted molar refractivity (Wildman–Crippen MR) is 28.7 cm³/mol. The topological polar surface area (TPSA) is 34.1 Å². The molecule has 0 N–H and O–H groups in total. The molecular formula is C3H4ClNaO2. The molecule has 0 spiro atoms. The summed E-state index contributed by atoms with van der Waals surface area (Å²) >= 11 is 4.71. The number of rotatable bonds is 2. The Bertz CT molecular complexity index is 73.3. The van der Waals surface area contributed by atoms with E-state index in [4.69, 9.17) is 11.6 Å². The molecule has 0 aliphatic rings. The third kappa shape index (κ3) is 10.8.